The van der Waals surface area contributed by atoms with Gasteiger partial charge in [-0.15, -0.1) is 0 Å². The van der Waals surface area contributed by atoms with Gasteiger partial charge in [-0.05, 0) is 74.5 Å². The third kappa shape index (κ3) is 7.44. The van der Waals surface area contributed by atoms with E-state index in [4.69, 9.17) is 9.47 Å². The highest BCUT2D eigenvalue weighted by molar-refractivity contribution is 5.73. The summed E-state index contributed by atoms with van der Waals surface area (Å²) < 4.78 is 11.4. The van der Waals surface area contributed by atoms with Crippen LogP contribution >= 0.6 is 0 Å². The summed E-state index contributed by atoms with van der Waals surface area (Å²) in [4.78, 5) is 25.4. The second-order valence-corrected chi connectivity index (χ2v) is 12.4. The number of hydrogen-bond donors (Lipinski definition) is 2. The first kappa shape index (κ1) is 28.4. The molecule has 0 heterocycles. The predicted octanol–water partition coefficient (Wildman–Crippen LogP) is 5.42. The monoisotopic (exact) mass is 494 g/mol. The highest BCUT2D eigenvalue weighted by atomic mass is 16.5. The largest absolute Gasteiger partial charge is 0.465 e. The molecule has 6 nitrogen and oxygen atoms in total. The Morgan fingerprint density at radius 2 is 1.60 bits per heavy atom. The van der Waals surface area contributed by atoms with Crippen LogP contribution < -0.4 is 0 Å². The van der Waals surface area contributed by atoms with E-state index in [1.807, 2.05) is 0 Å². The van der Waals surface area contributed by atoms with Crippen LogP contribution in [0.25, 0.3) is 0 Å². The maximum atomic E-state index is 12.8. The molecule has 3 rings (SSSR count). The Hall–Kier alpha value is -1.14. The Morgan fingerprint density at radius 3 is 2.26 bits per heavy atom. The summed E-state index contributed by atoms with van der Waals surface area (Å²) in [5.74, 6) is -0.147. The summed E-state index contributed by atoms with van der Waals surface area (Å²) in [6, 6.07) is 0. The number of aliphatic hydroxyl groups excluding tert-OH is 2. The van der Waals surface area contributed by atoms with Crippen LogP contribution in [-0.4, -0.2) is 47.1 Å². The van der Waals surface area contributed by atoms with E-state index in [1.54, 1.807) is 0 Å². The van der Waals surface area contributed by atoms with Gasteiger partial charge in [-0.3, -0.25) is 9.59 Å². The average molecular weight is 495 g/mol. The molecule has 3 aliphatic rings. The number of esters is 2. The van der Waals surface area contributed by atoms with Gasteiger partial charge in [0.15, 0.2) is 0 Å². The van der Waals surface area contributed by atoms with Gasteiger partial charge in [0.1, 0.15) is 6.10 Å². The van der Waals surface area contributed by atoms with Gasteiger partial charge >= 0.3 is 11.9 Å². The van der Waals surface area contributed by atoms with Crippen molar-refractivity contribution >= 4 is 11.9 Å². The van der Waals surface area contributed by atoms with Crippen molar-refractivity contribution in [2.45, 2.75) is 129 Å². The van der Waals surface area contributed by atoms with Crippen molar-refractivity contribution < 1.29 is 29.3 Å². The second kappa shape index (κ2) is 12.9. The maximum absolute atomic E-state index is 12.8. The molecule has 0 spiro atoms. The van der Waals surface area contributed by atoms with Crippen molar-refractivity contribution in [1.82, 2.24) is 0 Å². The molecule has 0 radical (unpaired) electrons. The van der Waals surface area contributed by atoms with Crippen molar-refractivity contribution in [2.75, 3.05) is 6.61 Å². The number of unbranched alkanes of at least 4 members (excludes halogenated alkanes) is 3. The molecule has 35 heavy (non-hydrogen) atoms. The number of aliphatic hydroxyl groups is 2. The Bertz CT molecular complexity index is 691. The Morgan fingerprint density at radius 1 is 0.886 bits per heavy atom. The molecule has 8 unspecified atom stereocenters. The zero-order valence-electron chi connectivity index (χ0n) is 22.5. The van der Waals surface area contributed by atoms with Crippen LogP contribution in [-0.2, 0) is 19.1 Å². The van der Waals surface area contributed by atoms with E-state index in [2.05, 4.69) is 27.7 Å². The Labute approximate surface area is 212 Å². The predicted molar refractivity (Wildman–Crippen MR) is 135 cm³/mol. The molecule has 202 valence electrons. The summed E-state index contributed by atoms with van der Waals surface area (Å²) in [5, 5.41) is 21.1. The molecule has 0 aromatic heterocycles. The van der Waals surface area contributed by atoms with Crippen LogP contribution in [0.4, 0.5) is 0 Å². The lowest BCUT2D eigenvalue weighted by atomic mass is 9.56. The molecule has 3 fully saturated rings. The fourth-order valence-electron chi connectivity index (χ4n) is 7.56. The molecule has 3 saturated carbocycles. The number of ether oxygens (including phenoxy) is 2. The minimum atomic E-state index is -0.650. The Kier molecular flexibility index (Phi) is 10.5. The van der Waals surface area contributed by atoms with Crippen LogP contribution in [0, 0.1) is 35.0 Å². The fourth-order valence-corrected chi connectivity index (χ4v) is 7.56. The minimum Gasteiger partial charge on any atom is -0.465 e. The van der Waals surface area contributed by atoms with Gasteiger partial charge in [-0.25, -0.2) is 0 Å². The summed E-state index contributed by atoms with van der Waals surface area (Å²) in [6.07, 6.45) is 10.1. The highest BCUT2D eigenvalue weighted by Gasteiger charge is 2.49. The van der Waals surface area contributed by atoms with Crippen molar-refractivity contribution in [1.29, 1.82) is 0 Å². The molecule has 0 aliphatic heterocycles. The lowest BCUT2D eigenvalue weighted by molar-refractivity contribution is -0.168. The van der Waals surface area contributed by atoms with Gasteiger partial charge in [0, 0.05) is 0 Å². The zero-order valence-corrected chi connectivity index (χ0v) is 22.5. The third-order valence-corrected chi connectivity index (χ3v) is 9.13. The van der Waals surface area contributed by atoms with Crippen molar-refractivity contribution in [3.63, 3.8) is 0 Å². The molecule has 8 atom stereocenters. The van der Waals surface area contributed by atoms with Crippen LogP contribution in [0.15, 0.2) is 0 Å². The van der Waals surface area contributed by atoms with Crippen LogP contribution in [0.1, 0.15) is 111 Å². The average Bonchev–Trinajstić information content (AvgIpc) is 2.78. The van der Waals surface area contributed by atoms with Crippen molar-refractivity contribution in [3.8, 4) is 0 Å². The molecule has 6 heteroatoms. The molecule has 0 aromatic rings. The van der Waals surface area contributed by atoms with E-state index in [-0.39, 0.29) is 29.4 Å². The number of carbonyl (C=O) groups is 2. The summed E-state index contributed by atoms with van der Waals surface area (Å²) >= 11 is 0. The highest BCUT2D eigenvalue weighted by Crippen LogP contribution is 2.52. The van der Waals surface area contributed by atoms with E-state index in [9.17, 15) is 19.8 Å². The van der Waals surface area contributed by atoms with E-state index in [0.717, 1.165) is 64.2 Å². The van der Waals surface area contributed by atoms with Gasteiger partial charge in [0.2, 0.25) is 0 Å². The van der Waals surface area contributed by atoms with Crippen LogP contribution in [0.3, 0.4) is 0 Å². The first-order valence-electron chi connectivity index (χ1n) is 14.4. The fraction of sp³-hybridized carbons (Fsp3) is 0.931. The standard InChI is InChI=1S/C29H50O6/c1-5-6-7-10-15-34-27(32)23-14-13-20(17-25(23)31)26-19(2)16-21(18-29(26,3)4)35-28(33)22-11-8-9-12-24(22)30/h19-26,30-31H,5-18H2,1-4H3. The lowest BCUT2D eigenvalue weighted by Crippen LogP contribution is -2.48. The number of carbonyl (C=O) groups excluding carboxylic acids is 2. The van der Waals surface area contributed by atoms with E-state index in [0.29, 0.717) is 43.6 Å². The van der Waals surface area contributed by atoms with Crippen molar-refractivity contribution in [3.05, 3.63) is 0 Å². The summed E-state index contributed by atoms with van der Waals surface area (Å²) in [7, 11) is 0. The van der Waals surface area contributed by atoms with Crippen LogP contribution in [0.5, 0.6) is 0 Å². The maximum Gasteiger partial charge on any atom is 0.311 e. The zero-order chi connectivity index (χ0) is 25.6. The molecular weight excluding hydrogens is 444 g/mol. The SMILES string of the molecule is CCCCCCOC(=O)C1CCC(C2C(C)CC(OC(=O)C3CCCCC3O)CC2(C)C)CC1O. The number of hydrogen-bond acceptors (Lipinski definition) is 6. The first-order valence-corrected chi connectivity index (χ1v) is 14.4. The smallest absolute Gasteiger partial charge is 0.311 e. The molecule has 0 bridgehead atoms. The quantitative estimate of drug-likeness (QED) is 0.328. The molecular formula is C29H50O6. The molecule has 0 saturated heterocycles. The topological polar surface area (TPSA) is 93.1 Å². The Balaban J connectivity index is 1.51. The molecule has 2 N–H and O–H groups in total. The minimum absolute atomic E-state index is 0.0369. The summed E-state index contributed by atoms with van der Waals surface area (Å²) in [6.45, 7) is 9.37. The van der Waals surface area contributed by atoms with Gasteiger partial charge < -0.3 is 19.7 Å². The van der Waals surface area contributed by atoms with Gasteiger partial charge in [0.25, 0.3) is 0 Å². The molecule has 0 aromatic carbocycles. The first-order chi connectivity index (χ1) is 16.6. The van der Waals surface area contributed by atoms with Crippen LogP contribution in [0.2, 0.25) is 0 Å². The number of rotatable bonds is 9. The summed E-state index contributed by atoms with van der Waals surface area (Å²) in [5.41, 5.74) is -0.0369. The second-order valence-electron chi connectivity index (χ2n) is 12.4. The van der Waals surface area contributed by atoms with E-state index >= 15 is 0 Å². The lowest BCUT2D eigenvalue weighted by Gasteiger charge is -2.51. The normalized spacial score (nSPS) is 37.4. The van der Waals surface area contributed by atoms with Gasteiger partial charge in [-0.1, -0.05) is 59.8 Å². The third-order valence-electron chi connectivity index (χ3n) is 9.13. The van der Waals surface area contributed by atoms with Gasteiger partial charge in [-0.2, -0.15) is 0 Å². The molecule has 0 amide bonds. The molecule has 3 aliphatic carbocycles. The van der Waals surface area contributed by atoms with Crippen molar-refractivity contribution in [2.24, 2.45) is 35.0 Å². The van der Waals surface area contributed by atoms with Gasteiger partial charge in [0.05, 0.1) is 30.7 Å². The van der Waals surface area contributed by atoms with E-state index < -0.39 is 18.1 Å². The van der Waals surface area contributed by atoms with E-state index in [1.165, 1.54) is 0 Å².